The van der Waals surface area contributed by atoms with Crippen molar-refractivity contribution in [1.29, 1.82) is 0 Å². The average molecular weight is 268 g/mol. The number of hydrogen-bond acceptors (Lipinski definition) is 0. The summed E-state index contributed by atoms with van der Waals surface area (Å²) in [6, 6.07) is 9.39. The highest BCUT2D eigenvalue weighted by Gasteiger charge is 2.15. The monoisotopic (exact) mass is 268 g/mol. The highest BCUT2D eigenvalue weighted by atomic mass is 14.2. The van der Waals surface area contributed by atoms with Crippen LogP contribution in [0.25, 0.3) is 6.08 Å². The molecule has 0 unspecified atom stereocenters. The van der Waals surface area contributed by atoms with Crippen molar-refractivity contribution >= 4 is 6.08 Å². The summed E-state index contributed by atoms with van der Waals surface area (Å²) in [5, 5.41) is 0. The molecule has 1 aromatic carbocycles. The van der Waals surface area contributed by atoms with Gasteiger partial charge in [-0.15, -0.1) is 0 Å². The van der Waals surface area contributed by atoms with Gasteiger partial charge in [-0.2, -0.15) is 0 Å². The molecule has 0 radical (unpaired) electrons. The van der Waals surface area contributed by atoms with Crippen molar-refractivity contribution in [2.75, 3.05) is 0 Å². The van der Waals surface area contributed by atoms with Gasteiger partial charge in [-0.3, -0.25) is 0 Å². The Labute approximate surface area is 124 Å². The molecule has 0 saturated heterocycles. The Balaban J connectivity index is 1.59. The Bertz CT molecular complexity index is 414. The lowest BCUT2D eigenvalue weighted by atomic mass is 9.84. The first-order valence-electron chi connectivity index (χ1n) is 8.70. The molecule has 2 fully saturated rings. The van der Waals surface area contributed by atoms with Crippen LogP contribution < -0.4 is 0 Å². The summed E-state index contributed by atoms with van der Waals surface area (Å²) in [6.45, 7) is 0. The van der Waals surface area contributed by atoms with Crippen molar-refractivity contribution in [1.82, 2.24) is 0 Å². The summed E-state index contributed by atoms with van der Waals surface area (Å²) in [7, 11) is 0. The Morgan fingerprint density at radius 3 is 1.95 bits per heavy atom. The first kappa shape index (κ1) is 13.9. The van der Waals surface area contributed by atoms with Crippen molar-refractivity contribution < 1.29 is 0 Å². The second-order valence-electron chi connectivity index (χ2n) is 6.76. The molecule has 0 bridgehead atoms. The average Bonchev–Trinajstić information content (AvgIpc) is 2.55. The molecule has 0 amide bonds. The molecule has 2 saturated carbocycles. The molecule has 0 spiro atoms. The molecule has 1 aromatic rings. The summed E-state index contributed by atoms with van der Waals surface area (Å²) in [5.74, 6) is 1.67. The van der Waals surface area contributed by atoms with E-state index in [-0.39, 0.29) is 0 Å². The van der Waals surface area contributed by atoms with Crippen LogP contribution in [0, 0.1) is 5.92 Å². The van der Waals surface area contributed by atoms with Crippen LogP contribution in [-0.2, 0) is 0 Å². The van der Waals surface area contributed by atoms with Crippen LogP contribution >= 0.6 is 0 Å². The zero-order chi connectivity index (χ0) is 13.6. The topological polar surface area (TPSA) is 0 Å². The SMILES string of the molecule is C(=CC1CCCCC1)c1ccc(C2CCCCC2)cc1. The van der Waals surface area contributed by atoms with E-state index >= 15 is 0 Å². The molecule has 0 N–H and O–H groups in total. The fourth-order valence-corrected chi connectivity index (χ4v) is 3.89. The third-order valence-electron chi connectivity index (χ3n) is 5.22. The molecule has 0 nitrogen and oxygen atoms in total. The van der Waals surface area contributed by atoms with Crippen LogP contribution in [0.5, 0.6) is 0 Å². The van der Waals surface area contributed by atoms with Crippen LogP contribution in [0.2, 0.25) is 0 Å². The van der Waals surface area contributed by atoms with Gasteiger partial charge < -0.3 is 0 Å². The van der Waals surface area contributed by atoms with Gasteiger partial charge in [0.1, 0.15) is 0 Å². The lowest BCUT2D eigenvalue weighted by Crippen LogP contribution is -2.04. The Hall–Kier alpha value is -1.04. The predicted octanol–water partition coefficient (Wildman–Crippen LogP) is 6.33. The van der Waals surface area contributed by atoms with Gasteiger partial charge in [0.25, 0.3) is 0 Å². The van der Waals surface area contributed by atoms with E-state index in [2.05, 4.69) is 36.4 Å². The fraction of sp³-hybridized carbons (Fsp3) is 0.600. The van der Waals surface area contributed by atoms with Crippen molar-refractivity contribution in [2.24, 2.45) is 5.92 Å². The van der Waals surface area contributed by atoms with E-state index in [0.717, 1.165) is 11.8 Å². The van der Waals surface area contributed by atoms with E-state index in [9.17, 15) is 0 Å². The minimum atomic E-state index is 0.833. The highest BCUT2D eigenvalue weighted by Crippen LogP contribution is 2.32. The van der Waals surface area contributed by atoms with Gasteiger partial charge in [0.05, 0.1) is 0 Å². The van der Waals surface area contributed by atoms with E-state index in [1.807, 2.05) is 0 Å². The van der Waals surface area contributed by atoms with Gasteiger partial charge in [0.2, 0.25) is 0 Å². The van der Waals surface area contributed by atoms with E-state index in [1.54, 1.807) is 5.56 Å². The van der Waals surface area contributed by atoms with Gasteiger partial charge in [-0.1, -0.05) is 74.9 Å². The normalized spacial score (nSPS) is 22.4. The largest absolute Gasteiger partial charge is 0.0808 e. The zero-order valence-electron chi connectivity index (χ0n) is 12.7. The smallest absolute Gasteiger partial charge is 0.0162 e. The maximum absolute atomic E-state index is 2.45. The van der Waals surface area contributed by atoms with E-state index < -0.39 is 0 Å². The Morgan fingerprint density at radius 1 is 0.700 bits per heavy atom. The zero-order valence-corrected chi connectivity index (χ0v) is 12.7. The first-order valence-corrected chi connectivity index (χ1v) is 8.70. The standard InChI is InChI=1S/C20H28/c1-3-7-17(8-4-1)11-12-18-13-15-20(16-14-18)19-9-5-2-6-10-19/h11-17,19H,1-10H2. The third kappa shape index (κ3) is 3.75. The van der Waals surface area contributed by atoms with Gasteiger partial charge in [0.15, 0.2) is 0 Å². The molecule has 2 aliphatic carbocycles. The van der Waals surface area contributed by atoms with Crippen molar-refractivity contribution in [3.63, 3.8) is 0 Å². The first-order chi connectivity index (χ1) is 9.92. The predicted molar refractivity (Wildman–Crippen MR) is 87.9 cm³/mol. The van der Waals surface area contributed by atoms with Gasteiger partial charge >= 0.3 is 0 Å². The van der Waals surface area contributed by atoms with Gasteiger partial charge in [-0.05, 0) is 48.6 Å². The molecule has 0 heteroatoms. The van der Waals surface area contributed by atoms with E-state index in [4.69, 9.17) is 0 Å². The summed E-state index contributed by atoms with van der Waals surface area (Å²) >= 11 is 0. The van der Waals surface area contributed by atoms with Crippen LogP contribution in [-0.4, -0.2) is 0 Å². The summed E-state index contributed by atoms with van der Waals surface area (Å²) in [6.07, 6.45) is 19.0. The molecular weight excluding hydrogens is 240 g/mol. The summed E-state index contributed by atoms with van der Waals surface area (Å²) < 4.78 is 0. The second kappa shape index (κ2) is 7.11. The molecule has 20 heavy (non-hydrogen) atoms. The van der Waals surface area contributed by atoms with Crippen molar-refractivity contribution in [3.8, 4) is 0 Å². The van der Waals surface area contributed by atoms with Crippen molar-refractivity contribution in [2.45, 2.75) is 70.1 Å². The second-order valence-corrected chi connectivity index (χ2v) is 6.76. The van der Waals surface area contributed by atoms with E-state index in [0.29, 0.717) is 0 Å². The molecule has 108 valence electrons. The molecule has 0 heterocycles. The minimum absolute atomic E-state index is 0.833. The number of rotatable bonds is 3. The molecule has 0 atom stereocenters. The van der Waals surface area contributed by atoms with Crippen LogP contribution in [0.4, 0.5) is 0 Å². The quantitative estimate of drug-likeness (QED) is 0.601. The number of hydrogen-bond donors (Lipinski definition) is 0. The van der Waals surface area contributed by atoms with Crippen LogP contribution in [0.15, 0.2) is 30.3 Å². The lowest BCUT2D eigenvalue weighted by molar-refractivity contribution is 0.420. The van der Waals surface area contributed by atoms with E-state index in [1.165, 1.54) is 69.8 Å². The Morgan fingerprint density at radius 2 is 1.30 bits per heavy atom. The lowest BCUT2D eigenvalue weighted by Gasteiger charge is -2.22. The highest BCUT2D eigenvalue weighted by molar-refractivity contribution is 5.50. The molecule has 0 aromatic heterocycles. The maximum Gasteiger partial charge on any atom is -0.0162 e. The fourth-order valence-electron chi connectivity index (χ4n) is 3.89. The van der Waals surface area contributed by atoms with Gasteiger partial charge in [0, 0.05) is 0 Å². The summed E-state index contributed by atoms with van der Waals surface area (Å²) in [5.41, 5.74) is 2.95. The molecule has 2 aliphatic rings. The molecule has 3 rings (SSSR count). The molecular formula is C20H28. The van der Waals surface area contributed by atoms with Crippen LogP contribution in [0.1, 0.15) is 81.3 Å². The maximum atomic E-state index is 2.45. The van der Waals surface area contributed by atoms with Crippen LogP contribution in [0.3, 0.4) is 0 Å². The Kier molecular flexibility index (Phi) is 4.95. The van der Waals surface area contributed by atoms with Gasteiger partial charge in [-0.25, -0.2) is 0 Å². The summed E-state index contributed by atoms with van der Waals surface area (Å²) in [4.78, 5) is 0. The molecule has 0 aliphatic heterocycles. The third-order valence-corrected chi connectivity index (χ3v) is 5.22. The number of benzene rings is 1. The number of allylic oxidation sites excluding steroid dienone is 1. The minimum Gasteiger partial charge on any atom is -0.0808 e. The van der Waals surface area contributed by atoms with Crippen molar-refractivity contribution in [3.05, 3.63) is 41.5 Å².